The molecule has 0 spiro atoms. The van der Waals surface area contributed by atoms with E-state index >= 15 is 0 Å². The van der Waals surface area contributed by atoms with Crippen LogP contribution in [0.5, 0.6) is 5.88 Å². The molecule has 2 heterocycles. The van der Waals surface area contributed by atoms with Crippen LogP contribution in [0.3, 0.4) is 0 Å². The third kappa shape index (κ3) is 5.05. The molecule has 2 aliphatic rings. The van der Waals surface area contributed by atoms with Gasteiger partial charge in [0.25, 0.3) is 11.8 Å². The summed E-state index contributed by atoms with van der Waals surface area (Å²) < 4.78 is 5.88. The van der Waals surface area contributed by atoms with Crippen molar-refractivity contribution in [1.29, 1.82) is 0 Å². The first kappa shape index (κ1) is 21.3. The average molecular weight is 442 g/mol. The number of amides is 3. The monoisotopic (exact) mass is 441 g/mol. The number of halogens is 1. The smallest absolute Gasteiger partial charge is 0.261 e. The van der Waals surface area contributed by atoms with Gasteiger partial charge in [-0.3, -0.25) is 19.3 Å². The predicted molar refractivity (Wildman–Crippen MR) is 115 cm³/mol. The van der Waals surface area contributed by atoms with Crippen LogP contribution in [0, 0.1) is 0 Å². The Labute approximate surface area is 185 Å². The summed E-state index contributed by atoms with van der Waals surface area (Å²) >= 11 is 5.84. The summed E-state index contributed by atoms with van der Waals surface area (Å²) in [6, 6.07) is 10.4. The number of pyridine rings is 1. The molecule has 2 aromatic rings. The van der Waals surface area contributed by atoms with Crippen LogP contribution in [-0.4, -0.2) is 46.3 Å². The second-order valence-electron chi connectivity index (χ2n) is 7.88. The number of nitrogens with one attached hydrogen (secondary N) is 1. The van der Waals surface area contributed by atoms with Crippen molar-refractivity contribution >= 4 is 29.3 Å². The summed E-state index contributed by atoms with van der Waals surface area (Å²) in [6.07, 6.45) is 5.70. The largest absolute Gasteiger partial charge is 0.474 e. The molecule has 1 saturated carbocycles. The summed E-state index contributed by atoms with van der Waals surface area (Å²) in [6.45, 7) is 0.244. The first-order valence-corrected chi connectivity index (χ1v) is 10.9. The van der Waals surface area contributed by atoms with Crippen LogP contribution in [0.1, 0.15) is 59.2 Å². The molecule has 1 aliphatic heterocycles. The van der Waals surface area contributed by atoms with Gasteiger partial charge in [0.1, 0.15) is 6.10 Å². The number of hydrogen-bond donors (Lipinski definition) is 1. The highest BCUT2D eigenvalue weighted by molar-refractivity contribution is 6.30. The fourth-order valence-corrected chi connectivity index (χ4v) is 4.18. The number of aromatic nitrogens is 1. The zero-order chi connectivity index (χ0) is 21.8. The minimum Gasteiger partial charge on any atom is -0.474 e. The molecule has 4 rings (SSSR count). The number of hydrogen-bond acceptors (Lipinski definition) is 5. The van der Waals surface area contributed by atoms with Gasteiger partial charge >= 0.3 is 0 Å². The van der Waals surface area contributed by atoms with Crippen LogP contribution in [0.2, 0.25) is 5.02 Å². The average Bonchev–Trinajstić information content (AvgIpc) is 3.02. The van der Waals surface area contributed by atoms with Gasteiger partial charge in [-0.15, -0.1) is 0 Å². The lowest BCUT2D eigenvalue weighted by atomic mass is 9.93. The summed E-state index contributed by atoms with van der Waals surface area (Å²) in [7, 11) is 0. The van der Waals surface area contributed by atoms with E-state index in [1.165, 1.54) is 4.90 Å². The van der Waals surface area contributed by atoms with Crippen LogP contribution in [-0.2, 0) is 4.79 Å². The highest BCUT2D eigenvalue weighted by Crippen LogP contribution is 2.24. The van der Waals surface area contributed by atoms with Crippen molar-refractivity contribution in [2.75, 3.05) is 6.54 Å². The summed E-state index contributed by atoms with van der Waals surface area (Å²) in [4.78, 5) is 42.4. The maximum Gasteiger partial charge on any atom is 0.261 e. The number of rotatable bonds is 7. The first-order valence-electron chi connectivity index (χ1n) is 10.5. The molecule has 7 nitrogen and oxygen atoms in total. The molecule has 0 atom stereocenters. The van der Waals surface area contributed by atoms with Crippen LogP contribution in [0.15, 0.2) is 42.6 Å². The van der Waals surface area contributed by atoms with Gasteiger partial charge in [0, 0.05) is 31.3 Å². The van der Waals surface area contributed by atoms with Gasteiger partial charge in [-0.05, 0) is 50.3 Å². The number of carbonyl (C=O) groups excluding carboxylic acids is 3. The van der Waals surface area contributed by atoms with E-state index in [4.69, 9.17) is 16.3 Å². The van der Waals surface area contributed by atoms with Crippen LogP contribution < -0.4 is 10.1 Å². The Bertz CT molecular complexity index is 936. The zero-order valence-corrected chi connectivity index (χ0v) is 17.8. The van der Waals surface area contributed by atoms with E-state index in [1.807, 2.05) is 0 Å². The molecule has 0 saturated heterocycles. The van der Waals surface area contributed by atoms with Gasteiger partial charge in [0.05, 0.1) is 16.1 Å². The van der Waals surface area contributed by atoms with E-state index in [0.717, 1.165) is 25.7 Å². The van der Waals surface area contributed by atoms with Gasteiger partial charge in [0.15, 0.2) is 0 Å². The van der Waals surface area contributed by atoms with E-state index in [-0.39, 0.29) is 42.8 Å². The lowest BCUT2D eigenvalue weighted by Crippen LogP contribution is -2.40. The Hall–Kier alpha value is -2.93. The minimum absolute atomic E-state index is 0.0552. The quantitative estimate of drug-likeness (QED) is 0.663. The molecular weight excluding hydrogens is 418 g/mol. The Kier molecular flexibility index (Phi) is 6.51. The number of benzene rings is 1. The topological polar surface area (TPSA) is 88.6 Å². The van der Waals surface area contributed by atoms with Crippen molar-refractivity contribution in [2.24, 2.45) is 0 Å². The van der Waals surface area contributed by atoms with E-state index < -0.39 is 0 Å². The Morgan fingerprint density at radius 3 is 2.35 bits per heavy atom. The van der Waals surface area contributed by atoms with Gasteiger partial charge in [0.2, 0.25) is 11.8 Å². The zero-order valence-electron chi connectivity index (χ0n) is 17.1. The lowest BCUT2D eigenvalue weighted by Gasteiger charge is -2.29. The first-order chi connectivity index (χ1) is 15.0. The number of fused-ring (bicyclic) bond motifs is 1. The van der Waals surface area contributed by atoms with Crippen LogP contribution in [0.4, 0.5) is 0 Å². The molecular formula is C23H24ClN3O4. The van der Waals surface area contributed by atoms with Crippen LogP contribution >= 0.6 is 11.6 Å². The fourth-order valence-electron chi connectivity index (χ4n) is 4.07. The molecule has 8 heteroatoms. The minimum atomic E-state index is -0.283. The maximum atomic E-state index is 12.4. The summed E-state index contributed by atoms with van der Waals surface area (Å²) in [5, 5.41) is 3.63. The van der Waals surface area contributed by atoms with Crippen LogP contribution in [0.25, 0.3) is 0 Å². The van der Waals surface area contributed by atoms with Crippen molar-refractivity contribution in [2.45, 2.75) is 50.7 Å². The Morgan fingerprint density at radius 2 is 1.74 bits per heavy atom. The number of ether oxygens (including phenoxy) is 1. The van der Waals surface area contributed by atoms with E-state index in [9.17, 15) is 14.4 Å². The van der Waals surface area contributed by atoms with Crippen molar-refractivity contribution in [1.82, 2.24) is 15.2 Å². The van der Waals surface area contributed by atoms with Gasteiger partial charge in [-0.1, -0.05) is 23.7 Å². The Morgan fingerprint density at radius 1 is 1.06 bits per heavy atom. The highest BCUT2D eigenvalue weighted by Gasteiger charge is 2.34. The number of carbonyl (C=O) groups is 3. The van der Waals surface area contributed by atoms with E-state index in [0.29, 0.717) is 28.5 Å². The number of imide groups is 1. The van der Waals surface area contributed by atoms with Crippen molar-refractivity contribution in [3.8, 4) is 5.88 Å². The van der Waals surface area contributed by atoms with Gasteiger partial charge in [-0.2, -0.15) is 0 Å². The highest BCUT2D eigenvalue weighted by atomic mass is 35.5. The van der Waals surface area contributed by atoms with Gasteiger partial charge < -0.3 is 10.1 Å². The lowest BCUT2D eigenvalue weighted by molar-refractivity contribution is -0.122. The van der Waals surface area contributed by atoms with Crippen molar-refractivity contribution < 1.29 is 19.1 Å². The molecule has 1 N–H and O–H groups in total. The molecule has 1 aliphatic carbocycles. The molecule has 3 amide bonds. The van der Waals surface area contributed by atoms with Crippen molar-refractivity contribution in [3.63, 3.8) is 0 Å². The van der Waals surface area contributed by atoms with Crippen molar-refractivity contribution in [3.05, 3.63) is 58.7 Å². The molecule has 0 bridgehead atoms. The maximum absolute atomic E-state index is 12.4. The standard InChI is InChI=1S/C23H24ClN3O4/c24-15-7-12-21(25-14-15)31-17-10-8-16(9-11-17)26-20(28)6-3-13-27-22(29)18-4-1-2-5-19(18)23(27)30/h1-2,4-5,7,12,14,16-17H,3,6,8-11,13H2,(H,26,28). The predicted octanol–water partition coefficient (Wildman–Crippen LogP) is 3.62. The van der Waals surface area contributed by atoms with E-state index in [1.54, 1.807) is 42.6 Å². The molecule has 1 aromatic carbocycles. The molecule has 1 fully saturated rings. The molecule has 0 radical (unpaired) electrons. The summed E-state index contributed by atoms with van der Waals surface area (Å²) in [5.41, 5.74) is 0.870. The fraction of sp³-hybridized carbons (Fsp3) is 0.391. The van der Waals surface area contributed by atoms with E-state index in [2.05, 4.69) is 10.3 Å². The summed E-state index contributed by atoms with van der Waals surface area (Å²) in [5.74, 6) is -0.0607. The number of nitrogens with zero attached hydrogens (tertiary/aromatic N) is 2. The SMILES string of the molecule is O=C(CCCN1C(=O)c2ccccc2C1=O)NC1CCC(Oc2ccc(Cl)cn2)CC1. The molecule has 1 aromatic heterocycles. The Balaban J connectivity index is 1.16. The second-order valence-corrected chi connectivity index (χ2v) is 8.32. The third-order valence-corrected chi connectivity index (χ3v) is 5.91. The van der Waals surface area contributed by atoms with Gasteiger partial charge in [-0.25, -0.2) is 4.98 Å². The molecule has 31 heavy (non-hydrogen) atoms. The normalized spacial score (nSPS) is 20.5. The second kappa shape index (κ2) is 9.47. The molecule has 162 valence electrons. The molecule has 0 unspecified atom stereocenters. The third-order valence-electron chi connectivity index (χ3n) is 5.69.